The topological polar surface area (TPSA) is 61.4 Å². The van der Waals surface area contributed by atoms with E-state index in [2.05, 4.69) is 10.6 Å². The number of halogens is 3. The van der Waals surface area contributed by atoms with E-state index in [1.165, 1.54) is 12.1 Å². The van der Waals surface area contributed by atoms with Crippen LogP contribution >= 0.6 is 0 Å². The Bertz CT molecular complexity index is 555. The van der Waals surface area contributed by atoms with Gasteiger partial charge in [0, 0.05) is 13.1 Å². The number of nitrogens with one attached hydrogen (secondary N) is 2. The van der Waals surface area contributed by atoms with E-state index in [0.29, 0.717) is 13.1 Å². The molecule has 5 nitrogen and oxygen atoms in total. The lowest BCUT2D eigenvalue weighted by atomic mass is 10.1. The Balaban J connectivity index is 1.91. The summed E-state index contributed by atoms with van der Waals surface area (Å²) < 4.78 is 38.4. The number of rotatable bonds is 3. The second kappa shape index (κ2) is 6.67. The Kier molecular flexibility index (Phi) is 4.89. The van der Waals surface area contributed by atoms with E-state index in [4.69, 9.17) is 0 Å². The lowest BCUT2D eigenvalue weighted by molar-refractivity contribution is -0.137. The summed E-state index contributed by atoms with van der Waals surface area (Å²) >= 11 is 0. The van der Waals surface area contributed by atoms with Crippen LogP contribution in [0.4, 0.5) is 23.7 Å². The number of nitrogens with zero attached hydrogens (tertiary/aromatic N) is 1. The molecule has 8 heteroatoms. The predicted octanol–water partition coefficient (Wildman–Crippen LogP) is 2.45. The van der Waals surface area contributed by atoms with Gasteiger partial charge in [-0.2, -0.15) is 13.2 Å². The van der Waals surface area contributed by atoms with Gasteiger partial charge in [0.2, 0.25) is 5.91 Å². The Morgan fingerprint density at radius 1 is 1.14 bits per heavy atom. The lowest BCUT2D eigenvalue weighted by Gasteiger charge is -2.16. The maximum Gasteiger partial charge on any atom is 0.418 e. The van der Waals surface area contributed by atoms with E-state index in [1.807, 2.05) is 0 Å². The van der Waals surface area contributed by atoms with E-state index < -0.39 is 17.8 Å². The zero-order chi connectivity index (χ0) is 16.2. The van der Waals surface area contributed by atoms with Gasteiger partial charge in [-0.1, -0.05) is 12.1 Å². The molecule has 22 heavy (non-hydrogen) atoms. The highest BCUT2D eigenvalue weighted by Gasteiger charge is 2.33. The normalized spacial score (nSPS) is 14.8. The van der Waals surface area contributed by atoms with E-state index in [9.17, 15) is 22.8 Å². The van der Waals surface area contributed by atoms with Crippen molar-refractivity contribution in [3.8, 4) is 0 Å². The molecule has 0 bridgehead atoms. The summed E-state index contributed by atoms with van der Waals surface area (Å²) in [6.45, 7) is 1.07. The first-order valence-corrected chi connectivity index (χ1v) is 6.87. The van der Waals surface area contributed by atoms with Gasteiger partial charge in [0.15, 0.2) is 0 Å². The van der Waals surface area contributed by atoms with Gasteiger partial charge in [-0.15, -0.1) is 0 Å². The summed E-state index contributed by atoms with van der Waals surface area (Å²) in [5, 5.41) is 4.40. The van der Waals surface area contributed by atoms with Crippen molar-refractivity contribution >= 4 is 17.6 Å². The highest BCUT2D eigenvalue weighted by molar-refractivity contribution is 5.93. The number of amides is 3. The van der Waals surface area contributed by atoms with Gasteiger partial charge in [0.05, 0.1) is 17.8 Å². The molecule has 1 fully saturated rings. The molecule has 2 N–H and O–H groups in total. The summed E-state index contributed by atoms with van der Waals surface area (Å²) in [5.41, 5.74) is -1.28. The van der Waals surface area contributed by atoms with Gasteiger partial charge in [0.1, 0.15) is 0 Å². The summed E-state index contributed by atoms with van der Waals surface area (Å²) in [5.74, 6) is -0.239. The monoisotopic (exact) mass is 315 g/mol. The molecule has 1 aliphatic rings. The number of benzene rings is 1. The maximum absolute atomic E-state index is 12.8. The molecule has 120 valence electrons. The highest BCUT2D eigenvalue weighted by atomic mass is 19.4. The second-order valence-electron chi connectivity index (χ2n) is 4.94. The first kappa shape index (κ1) is 16.1. The molecule has 0 aliphatic carbocycles. The number of para-hydroxylation sites is 1. The molecule has 0 atom stereocenters. The lowest BCUT2D eigenvalue weighted by Crippen LogP contribution is -2.40. The fourth-order valence-corrected chi connectivity index (χ4v) is 2.24. The molecule has 1 saturated heterocycles. The van der Waals surface area contributed by atoms with Crippen molar-refractivity contribution in [3.05, 3.63) is 29.8 Å². The summed E-state index contributed by atoms with van der Waals surface area (Å²) in [6.07, 6.45) is -2.71. The molecule has 2 rings (SSSR count). The largest absolute Gasteiger partial charge is 0.418 e. The third-order valence-electron chi connectivity index (χ3n) is 3.34. The van der Waals surface area contributed by atoms with Crippen molar-refractivity contribution in [2.45, 2.75) is 19.0 Å². The number of likely N-dealkylation sites (tertiary alicyclic amines) is 1. The molecule has 1 aromatic carbocycles. The minimum atomic E-state index is -4.56. The van der Waals surface area contributed by atoms with E-state index in [1.54, 1.807) is 4.90 Å². The van der Waals surface area contributed by atoms with Gasteiger partial charge in [-0.3, -0.25) is 4.79 Å². The van der Waals surface area contributed by atoms with Crippen LogP contribution in [0.5, 0.6) is 0 Å². The van der Waals surface area contributed by atoms with Crippen molar-refractivity contribution < 1.29 is 22.8 Å². The summed E-state index contributed by atoms with van der Waals surface area (Å²) in [7, 11) is 0. The molecule has 0 aromatic heterocycles. The number of hydrogen-bond acceptors (Lipinski definition) is 2. The smallest absolute Gasteiger partial charge is 0.341 e. The SMILES string of the molecule is O=C(NCC(=O)N1CCCC1)Nc1ccccc1C(F)(F)F. The molecule has 1 heterocycles. The van der Waals surface area contributed by atoms with E-state index in [0.717, 1.165) is 25.0 Å². The number of anilines is 1. The van der Waals surface area contributed by atoms with Crippen LogP contribution in [0, 0.1) is 0 Å². The molecule has 1 aliphatic heterocycles. The molecular weight excluding hydrogens is 299 g/mol. The molecule has 1 aromatic rings. The second-order valence-corrected chi connectivity index (χ2v) is 4.94. The molecule has 0 spiro atoms. The highest BCUT2D eigenvalue weighted by Crippen LogP contribution is 2.34. The Morgan fingerprint density at radius 2 is 1.77 bits per heavy atom. The van der Waals surface area contributed by atoms with Gasteiger partial charge in [-0.05, 0) is 25.0 Å². The molecule has 3 amide bonds. The molecule has 0 radical (unpaired) electrons. The third kappa shape index (κ3) is 4.12. The van der Waals surface area contributed by atoms with Crippen molar-refractivity contribution in [1.82, 2.24) is 10.2 Å². The Morgan fingerprint density at radius 3 is 2.41 bits per heavy atom. The van der Waals surface area contributed by atoms with Crippen LogP contribution in [-0.2, 0) is 11.0 Å². The van der Waals surface area contributed by atoms with Crippen LogP contribution in [0.1, 0.15) is 18.4 Å². The minimum absolute atomic E-state index is 0.236. The minimum Gasteiger partial charge on any atom is -0.341 e. The van der Waals surface area contributed by atoms with Crippen LogP contribution < -0.4 is 10.6 Å². The third-order valence-corrected chi connectivity index (χ3v) is 3.34. The van der Waals surface area contributed by atoms with E-state index in [-0.39, 0.29) is 18.1 Å². The Labute approximate surface area is 125 Å². The zero-order valence-corrected chi connectivity index (χ0v) is 11.7. The summed E-state index contributed by atoms with van der Waals surface area (Å²) in [4.78, 5) is 25.0. The van der Waals surface area contributed by atoms with Crippen LogP contribution in [0.2, 0.25) is 0 Å². The van der Waals surface area contributed by atoms with Crippen LogP contribution in [0.25, 0.3) is 0 Å². The molecule has 0 saturated carbocycles. The van der Waals surface area contributed by atoms with Gasteiger partial charge in [0.25, 0.3) is 0 Å². The standard InChI is InChI=1S/C14H16F3N3O2/c15-14(16,17)10-5-1-2-6-11(10)19-13(22)18-9-12(21)20-7-3-4-8-20/h1-2,5-6H,3-4,7-9H2,(H2,18,19,22). The van der Waals surface area contributed by atoms with E-state index >= 15 is 0 Å². The molecular formula is C14H16F3N3O2. The average Bonchev–Trinajstić information content (AvgIpc) is 2.98. The van der Waals surface area contributed by atoms with Crippen molar-refractivity contribution in [2.75, 3.05) is 25.0 Å². The number of alkyl halides is 3. The quantitative estimate of drug-likeness (QED) is 0.900. The van der Waals surface area contributed by atoms with Crippen LogP contribution in [0.3, 0.4) is 0 Å². The van der Waals surface area contributed by atoms with Crippen molar-refractivity contribution in [1.29, 1.82) is 0 Å². The maximum atomic E-state index is 12.8. The number of carbonyl (C=O) groups is 2. The van der Waals surface area contributed by atoms with Gasteiger partial charge >= 0.3 is 12.2 Å². The summed E-state index contributed by atoms with van der Waals surface area (Å²) in [6, 6.07) is 3.82. The fraction of sp³-hybridized carbons (Fsp3) is 0.429. The van der Waals surface area contributed by atoms with Gasteiger partial charge < -0.3 is 15.5 Å². The van der Waals surface area contributed by atoms with Crippen molar-refractivity contribution in [2.24, 2.45) is 0 Å². The van der Waals surface area contributed by atoms with Gasteiger partial charge in [-0.25, -0.2) is 4.79 Å². The first-order valence-electron chi connectivity index (χ1n) is 6.87. The number of hydrogen-bond donors (Lipinski definition) is 2. The fourth-order valence-electron chi connectivity index (χ4n) is 2.24. The first-order chi connectivity index (χ1) is 10.4. The number of urea groups is 1. The Hall–Kier alpha value is -2.25. The zero-order valence-electron chi connectivity index (χ0n) is 11.7. The average molecular weight is 315 g/mol. The van der Waals surface area contributed by atoms with Crippen LogP contribution in [-0.4, -0.2) is 36.5 Å². The predicted molar refractivity (Wildman–Crippen MR) is 74.3 cm³/mol. The van der Waals surface area contributed by atoms with Crippen molar-refractivity contribution in [3.63, 3.8) is 0 Å². The number of carbonyl (C=O) groups excluding carboxylic acids is 2. The molecule has 0 unspecified atom stereocenters. The van der Waals surface area contributed by atoms with Crippen LogP contribution in [0.15, 0.2) is 24.3 Å².